The number of halogens is 2. The van der Waals surface area contributed by atoms with Gasteiger partial charge in [0.25, 0.3) is 5.69 Å². The number of rotatable bonds is 3. The lowest BCUT2D eigenvalue weighted by Gasteiger charge is -2.18. The molecule has 0 saturated carbocycles. The molecule has 0 aromatic heterocycles. The molecule has 2 rings (SSSR count). The predicted molar refractivity (Wildman–Crippen MR) is 66.0 cm³/mol. The first kappa shape index (κ1) is 13.5. The first-order valence-corrected chi connectivity index (χ1v) is 5.89. The number of aliphatic carboxylic acids is 1. The van der Waals surface area contributed by atoms with Crippen LogP contribution in [0.3, 0.4) is 0 Å². The fraction of sp³-hybridized carbons (Fsp3) is 0.364. The van der Waals surface area contributed by atoms with Crippen molar-refractivity contribution >= 4 is 28.9 Å². The lowest BCUT2D eigenvalue weighted by molar-refractivity contribution is -0.384. The van der Waals surface area contributed by atoms with E-state index in [9.17, 15) is 19.3 Å². The summed E-state index contributed by atoms with van der Waals surface area (Å²) >= 11 is 5.52. The van der Waals surface area contributed by atoms with Crippen molar-refractivity contribution < 1.29 is 19.2 Å². The number of carboxylic acid groups (broad SMARTS) is 1. The molecule has 0 aliphatic carbocycles. The Labute approximate surface area is 112 Å². The number of hydrogen-bond donors (Lipinski definition) is 1. The van der Waals surface area contributed by atoms with E-state index in [-0.39, 0.29) is 22.9 Å². The van der Waals surface area contributed by atoms with Crippen LogP contribution in [0.15, 0.2) is 12.1 Å². The van der Waals surface area contributed by atoms with Crippen LogP contribution in [-0.2, 0) is 4.79 Å². The fourth-order valence-corrected chi connectivity index (χ4v) is 2.26. The molecule has 1 aromatic carbocycles. The molecule has 0 amide bonds. The van der Waals surface area contributed by atoms with Crippen molar-refractivity contribution in [3.05, 3.63) is 33.1 Å². The van der Waals surface area contributed by atoms with Gasteiger partial charge in [0.2, 0.25) is 0 Å². The van der Waals surface area contributed by atoms with Crippen LogP contribution in [0.5, 0.6) is 0 Å². The monoisotopic (exact) mass is 288 g/mol. The van der Waals surface area contributed by atoms with E-state index in [0.29, 0.717) is 13.0 Å². The molecule has 0 radical (unpaired) electrons. The Morgan fingerprint density at radius 3 is 2.79 bits per heavy atom. The maximum Gasteiger partial charge on any atom is 0.308 e. The topological polar surface area (TPSA) is 83.7 Å². The second-order valence-corrected chi connectivity index (χ2v) is 4.69. The van der Waals surface area contributed by atoms with Gasteiger partial charge in [0.1, 0.15) is 11.5 Å². The zero-order valence-corrected chi connectivity index (χ0v) is 10.4. The normalized spacial score (nSPS) is 18.6. The summed E-state index contributed by atoms with van der Waals surface area (Å²) in [6.07, 6.45) is 0.372. The Hall–Kier alpha value is -1.89. The van der Waals surface area contributed by atoms with E-state index in [0.717, 1.165) is 12.1 Å². The van der Waals surface area contributed by atoms with E-state index >= 15 is 0 Å². The number of carbonyl (C=O) groups is 1. The molecule has 1 aromatic rings. The second kappa shape index (κ2) is 5.00. The smallest absolute Gasteiger partial charge is 0.308 e. The van der Waals surface area contributed by atoms with E-state index in [1.54, 1.807) is 0 Å². The third-order valence-corrected chi connectivity index (χ3v) is 3.38. The molecule has 1 atom stereocenters. The molecule has 1 heterocycles. The molecular formula is C11H10ClFN2O4. The minimum atomic E-state index is -0.959. The summed E-state index contributed by atoms with van der Waals surface area (Å²) in [5.74, 6) is -2.32. The summed E-state index contributed by atoms with van der Waals surface area (Å²) in [6, 6.07) is 1.92. The van der Waals surface area contributed by atoms with Crippen LogP contribution >= 0.6 is 11.6 Å². The standard InChI is InChI=1S/C11H10ClFN2O4/c12-7-3-10(15(18)19)9(4-8(7)13)14-2-1-6(5-14)11(16)17/h3-4,6H,1-2,5H2,(H,16,17). The molecular weight excluding hydrogens is 279 g/mol. The van der Waals surface area contributed by atoms with Gasteiger partial charge < -0.3 is 10.0 Å². The molecule has 1 fully saturated rings. The van der Waals surface area contributed by atoms with Gasteiger partial charge in [0, 0.05) is 25.2 Å². The zero-order valence-electron chi connectivity index (χ0n) is 9.68. The first-order chi connectivity index (χ1) is 8.90. The van der Waals surface area contributed by atoms with Gasteiger partial charge in [-0.05, 0) is 6.42 Å². The van der Waals surface area contributed by atoms with E-state index in [1.165, 1.54) is 4.90 Å². The van der Waals surface area contributed by atoms with Gasteiger partial charge in [-0.15, -0.1) is 0 Å². The lowest BCUT2D eigenvalue weighted by Crippen LogP contribution is -2.23. The molecule has 19 heavy (non-hydrogen) atoms. The van der Waals surface area contributed by atoms with Crippen LogP contribution in [0, 0.1) is 21.8 Å². The maximum atomic E-state index is 13.4. The van der Waals surface area contributed by atoms with Gasteiger partial charge in [-0.3, -0.25) is 14.9 Å². The van der Waals surface area contributed by atoms with Crippen molar-refractivity contribution in [1.82, 2.24) is 0 Å². The third-order valence-electron chi connectivity index (χ3n) is 3.09. The van der Waals surface area contributed by atoms with Gasteiger partial charge in [-0.2, -0.15) is 0 Å². The number of anilines is 1. The van der Waals surface area contributed by atoms with Gasteiger partial charge in [0.15, 0.2) is 0 Å². The van der Waals surface area contributed by atoms with Crippen molar-refractivity contribution in [1.29, 1.82) is 0 Å². The highest BCUT2D eigenvalue weighted by Gasteiger charge is 2.32. The molecule has 1 aliphatic rings. The lowest BCUT2D eigenvalue weighted by atomic mass is 10.1. The average molecular weight is 289 g/mol. The van der Waals surface area contributed by atoms with Gasteiger partial charge in [0.05, 0.1) is 15.9 Å². The molecule has 8 heteroatoms. The summed E-state index contributed by atoms with van der Waals surface area (Å²) in [5.41, 5.74) is -0.256. The van der Waals surface area contributed by atoms with Crippen LogP contribution in [0.25, 0.3) is 0 Å². The largest absolute Gasteiger partial charge is 0.481 e. The van der Waals surface area contributed by atoms with Crippen molar-refractivity contribution in [3.8, 4) is 0 Å². The minimum absolute atomic E-state index is 0.0654. The summed E-state index contributed by atoms with van der Waals surface area (Å²) in [7, 11) is 0. The van der Waals surface area contributed by atoms with E-state index in [4.69, 9.17) is 16.7 Å². The molecule has 6 nitrogen and oxygen atoms in total. The number of nitrogens with zero attached hydrogens (tertiary/aromatic N) is 2. The average Bonchev–Trinajstić information content (AvgIpc) is 2.81. The number of benzene rings is 1. The van der Waals surface area contributed by atoms with Gasteiger partial charge in [-0.1, -0.05) is 11.6 Å². The van der Waals surface area contributed by atoms with Crippen LogP contribution in [0.2, 0.25) is 5.02 Å². The van der Waals surface area contributed by atoms with Crippen molar-refractivity contribution in [2.75, 3.05) is 18.0 Å². The van der Waals surface area contributed by atoms with Crippen LogP contribution in [0.1, 0.15) is 6.42 Å². The summed E-state index contributed by atoms with van der Waals surface area (Å²) in [4.78, 5) is 22.6. The van der Waals surface area contributed by atoms with E-state index < -0.39 is 22.6 Å². The molecule has 1 N–H and O–H groups in total. The first-order valence-electron chi connectivity index (χ1n) is 5.51. The highest BCUT2D eigenvalue weighted by atomic mass is 35.5. The Morgan fingerprint density at radius 1 is 1.58 bits per heavy atom. The van der Waals surface area contributed by atoms with Crippen molar-refractivity contribution in [2.24, 2.45) is 5.92 Å². The molecule has 0 spiro atoms. The maximum absolute atomic E-state index is 13.4. The number of carboxylic acids is 1. The zero-order chi connectivity index (χ0) is 14.2. The number of hydrogen-bond acceptors (Lipinski definition) is 4. The van der Waals surface area contributed by atoms with Gasteiger partial charge >= 0.3 is 5.97 Å². The predicted octanol–water partition coefficient (Wildman–Crippen LogP) is 2.30. The molecule has 102 valence electrons. The quantitative estimate of drug-likeness (QED) is 0.681. The van der Waals surface area contributed by atoms with Crippen LogP contribution in [0.4, 0.5) is 15.8 Å². The van der Waals surface area contributed by atoms with E-state index in [2.05, 4.69) is 0 Å². The van der Waals surface area contributed by atoms with Crippen LogP contribution in [-0.4, -0.2) is 29.1 Å². The second-order valence-electron chi connectivity index (χ2n) is 4.28. The minimum Gasteiger partial charge on any atom is -0.481 e. The molecule has 1 saturated heterocycles. The fourth-order valence-electron chi connectivity index (χ4n) is 2.11. The summed E-state index contributed by atoms with van der Waals surface area (Å²) < 4.78 is 13.4. The highest BCUT2D eigenvalue weighted by Crippen LogP contribution is 2.35. The number of nitro benzene ring substituents is 1. The Kier molecular flexibility index (Phi) is 3.57. The Balaban J connectivity index is 2.37. The summed E-state index contributed by atoms with van der Waals surface area (Å²) in [6.45, 7) is 0.454. The van der Waals surface area contributed by atoms with E-state index in [1.807, 2.05) is 0 Å². The third kappa shape index (κ3) is 2.60. The number of nitro groups is 1. The highest BCUT2D eigenvalue weighted by molar-refractivity contribution is 6.31. The molecule has 1 aliphatic heterocycles. The Morgan fingerprint density at radius 2 is 2.26 bits per heavy atom. The van der Waals surface area contributed by atoms with Crippen molar-refractivity contribution in [3.63, 3.8) is 0 Å². The molecule has 0 bridgehead atoms. The molecule has 1 unspecified atom stereocenters. The van der Waals surface area contributed by atoms with Crippen LogP contribution < -0.4 is 4.90 Å². The van der Waals surface area contributed by atoms with Gasteiger partial charge in [-0.25, -0.2) is 4.39 Å². The van der Waals surface area contributed by atoms with Crippen molar-refractivity contribution in [2.45, 2.75) is 6.42 Å². The summed E-state index contributed by atoms with van der Waals surface area (Å²) in [5, 5.41) is 19.5. The Bertz CT molecular complexity index is 552. The SMILES string of the molecule is O=C(O)C1CCN(c2cc(F)c(Cl)cc2[N+](=O)[O-])C1.